The number of nitrogens with one attached hydrogen (secondary N) is 2. The van der Waals surface area contributed by atoms with Gasteiger partial charge in [0.25, 0.3) is 11.8 Å². The van der Waals surface area contributed by atoms with E-state index in [9.17, 15) is 9.59 Å². The molecule has 0 aliphatic carbocycles. The molecule has 0 fully saturated rings. The molecule has 6 heteroatoms. The van der Waals surface area contributed by atoms with Crippen molar-refractivity contribution in [2.45, 2.75) is 20.3 Å². The molecule has 0 bridgehead atoms. The molecule has 26 heavy (non-hydrogen) atoms. The predicted molar refractivity (Wildman–Crippen MR) is 105 cm³/mol. The Labute approximate surface area is 154 Å². The second-order valence-electron chi connectivity index (χ2n) is 6.80. The predicted octanol–water partition coefficient (Wildman–Crippen LogP) is 3.18. The van der Waals surface area contributed by atoms with E-state index in [1.165, 1.54) is 12.4 Å². The Bertz CT molecular complexity index is 755. The number of nitrogens with zero attached hydrogens (tertiary/aromatic N) is 2. The highest BCUT2D eigenvalue weighted by atomic mass is 16.2. The topological polar surface area (TPSA) is 74.3 Å². The molecule has 0 saturated heterocycles. The number of carbonyl (C=O) groups is 2. The van der Waals surface area contributed by atoms with Gasteiger partial charge in [0.1, 0.15) is 0 Å². The van der Waals surface area contributed by atoms with Crippen molar-refractivity contribution < 1.29 is 9.59 Å². The van der Waals surface area contributed by atoms with E-state index in [0.717, 1.165) is 12.1 Å². The Kier molecular flexibility index (Phi) is 6.72. The summed E-state index contributed by atoms with van der Waals surface area (Å²) in [6, 6.07) is 9.08. The molecule has 0 unspecified atom stereocenters. The van der Waals surface area contributed by atoms with Crippen LogP contribution in [-0.4, -0.2) is 37.4 Å². The zero-order chi connectivity index (χ0) is 19.1. The fourth-order valence-corrected chi connectivity index (χ4v) is 2.31. The summed E-state index contributed by atoms with van der Waals surface area (Å²) in [6.45, 7) is 4.80. The first-order valence-corrected chi connectivity index (χ1v) is 8.69. The van der Waals surface area contributed by atoms with Gasteiger partial charge in [0, 0.05) is 44.4 Å². The summed E-state index contributed by atoms with van der Waals surface area (Å²) >= 11 is 0. The van der Waals surface area contributed by atoms with E-state index in [0.29, 0.717) is 29.3 Å². The summed E-state index contributed by atoms with van der Waals surface area (Å²) in [7, 11) is 3.91. The van der Waals surface area contributed by atoms with E-state index in [1.54, 1.807) is 6.07 Å². The van der Waals surface area contributed by atoms with Crippen molar-refractivity contribution in [1.29, 1.82) is 0 Å². The zero-order valence-corrected chi connectivity index (χ0v) is 15.7. The van der Waals surface area contributed by atoms with E-state index in [2.05, 4.69) is 29.5 Å². The Morgan fingerprint density at radius 1 is 1.04 bits per heavy atom. The molecule has 1 heterocycles. The molecular weight excluding hydrogens is 328 g/mol. The van der Waals surface area contributed by atoms with Crippen LogP contribution in [0.15, 0.2) is 42.7 Å². The fraction of sp³-hybridized carbons (Fsp3) is 0.350. The molecule has 0 atom stereocenters. The lowest BCUT2D eigenvalue weighted by molar-refractivity contribution is 0.0951. The number of hydrogen-bond donors (Lipinski definition) is 2. The maximum Gasteiger partial charge on any atom is 0.257 e. The van der Waals surface area contributed by atoms with Crippen LogP contribution in [0.5, 0.6) is 0 Å². The molecule has 0 spiro atoms. The first kappa shape index (κ1) is 19.4. The number of anilines is 2. The molecule has 0 aliphatic rings. The van der Waals surface area contributed by atoms with Crippen LogP contribution < -0.4 is 15.5 Å². The normalized spacial score (nSPS) is 10.5. The minimum atomic E-state index is -0.299. The largest absolute Gasteiger partial charge is 0.378 e. The van der Waals surface area contributed by atoms with Crippen LogP contribution in [0.3, 0.4) is 0 Å². The van der Waals surface area contributed by atoms with Crippen molar-refractivity contribution in [1.82, 2.24) is 10.3 Å². The second kappa shape index (κ2) is 8.99. The van der Waals surface area contributed by atoms with E-state index in [4.69, 9.17) is 0 Å². The molecule has 1 aromatic heterocycles. The van der Waals surface area contributed by atoms with Gasteiger partial charge >= 0.3 is 0 Å². The van der Waals surface area contributed by atoms with E-state index in [1.807, 2.05) is 43.3 Å². The number of carbonyl (C=O) groups excluding carboxylic acids is 2. The third kappa shape index (κ3) is 5.58. The molecule has 1 aromatic carbocycles. The van der Waals surface area contributed by atoms with Gasteiger partial charge in [-0.05, 0) is 42.7 Å². The third-order valence-electron chi connectivity index (χ3n) is 3.91. The van der Waals surface area contributed by atoms with Gasteiger partial charge in [-0.1, -0.05) is 13.8 Å². The molecule has 138 valence electrons. The highest BCUT2D eigenvalue weighted by molar-refractivity contribution is 6.05. The quantitative estimate of drug-likeness (QED) is 0.801. The number of amides is 2. The smallest absolute Gasteiger partial charge is 0.257 e. The number of pyridine rings is 1. The summed E-state index contributed by atoms with van der Waals surface area (Å²) in [5.41, 5.74) is 2.46. The molecule has 6 nitrogen and oxygen atoms in total. The second-order valence-corrected chi connectivity index (χ2v) is 6.80. The van der Waals surface area contributed by atoms with E-state index < -0.39 is 0 Å². The molecular formula is C20H26N4O2. The van der Waals surface area contributed by atoms with Crippen molar-refractivity contribution in [2.24, 2.45) is 5.92 Å². The van der Waals surface area contributed by atoms with Crippen molar-refractivity contribution in [3.8, 4) is 0 Å². The average molecular weight is 354 g/mol. The van der Waals surface area contributed by atoms with Crippen molar-refractivity contribution in [3.05, 3.63) is 53.9 Å². The molecule has 2 N–H and O–H groups in total. The Morgan fingerprint density at radius 2 is 1.65 bits per heavy atom. The van der Waals surface area contributed by atoms with Gasteiger partial charge < -0.3 is 15.5 Å². The number of hydrogen-bond acceptors (Lipinski definition) is 4. The van der Waals surface area contributed by atoms with Crippen LogP contribution in [0.4, 0.5) is 11.4 Å². The molecule has 0 radical (unpaired) electrons. The lowest BCUT2D eigenvalue weighted by Crippen LogP contribution is -2.26. The Balaban J connectivity index is 2.01. The summed E-state index contributed by atoms with van der Waals surface area (Å²) in [4.78, 5) is 30.6. The maximum absolute atomic E-state index is 12.4. The van der Waals surface area contributed by atoms with Crippen LogP contribution >= 0.6 is 0 Å². The van der Waals surface area contributed by atoms with Crippen molar-refractivity contribution >= 4 is 23.2 Å². The monoisotopic (exact) mass is 354 g/mol. The van der Waals surface area contributed by atoms with Gasteiger partial charge in [0.15, 0.2) is 0 Å². The van der Waals surface area contributed by atoms with Crippen LogP contribution in [0.1, 0.15) is 41.0 Å². The van der Waals surface area contributed by atoms with Gasteiger partial charge in [-0.2, -0.15) is 0 Å². The molecule has 2 rings (SSSR count). The molecule has 0 saturated carbocycles. The number of rotatable bonds is 7. The SMILES string of the molecule is CC(C)CCNC(=O)c1cncc(C(=O)Nc2ccc(N(C)C)cc2)c1. The lowest BCUT2D eigenvalue weighted by atomic mass is 10.1. The van der Waals surface area contributed by atoms with Crippen LogP contribution in [-0.2, 0) is 0 Å². The molecule has 0 aliphatic heterocycles. The minimum absolute atomic E-state index is 0.219. The van der Waals surface area contributed by atoms with E-state index in [-0.39, 0.29) is 11.8 Å². The highest BCUT2D eigenvalue weighted by Crippen LogP contribution is 2.16. The van der Waals surface area contributed by atoms with Gasteiger partial charge in [0.05, 0.1) is 11.1 Å². The standard InChI is InChI=1S/C20H26N4O2/c1-14(2)9-10-22-19(25)15-11-16(13-21-12-15)20(26)23-17-5-7-18(8-6-17)24(3)4/h5-8,11-14H,9-10H2,1-4H3,(H,22,25)(H,23,26). The Morgan fingerprint density at radius 3 is 2.23 bits per heavy atom. The number of benzene rings is 1. The van der Waals surface area contributed by atoms with Gasteiger partial charge in [0.2, 0.25) is 0 Å². The summed E-state index contributed by atoms with van der Waals surface area (Å²) in [6.07, 6.45) is 3.82. The van der Waals surface area contributed by atoms with E-state index >= 15 is 0 Å². The summed E-state index contributed by atoms with van der Waals surface area (Å²) < 4.78 is 0. The number of aromatic nitrogens is 1. The zero-order valence-electron chi connectivity index (χ0n) is 15.7. The molecule has 2 amide bonds. The van der Waals surface area contributed by atoms with Crippen molar-refractivity contribution in [3.63, 3.8) is 0 Å². The maximum atomic E-state index is 12.4. The fourth-order valence-electron chi connectivity index (χ4n) is 2.31. The molecule has 2 aromatic rings. The van der Waals surface area contributed by atoms with Gasteiger partial charge in [-0.25, -0.2) is 0 Å². The average Bonchev–Trinajstić information content (AvgIpc) is 2.62. The highest BCUT2D eigenvalue weighted by Gasteiger charge is 2.12. The van der Waals surface area contributed by atoms with Crippen LogP contribution in [0, 0.1) is 5.92 Å². The van der Waals surface area contributed by atoms with Gasteiger partial charge in [-0.3, -0.25) is 14.6 Å². The Hall–Kier alpha value is -2.89. The first-order chi connectivity index (χ1) is 12.4. The summed E-state index contributed by atoms with van der Waals surface area (Å²) in [5.74, 6) is -0.000472. The van der Waals surface area contributed by atoms with Gasteiger partial charge in [-0.15, -0.1) is 0 Å². The third-order valence-corrected chi connectivity index (χ3v) is 3.91. The minimum Gasteiger partial charge on any atom is -0.378 e. The summed E-state index contributed by atoms with van der Waals surface area (Å²) in [5, 5.41) is 5.67. The van der Waals surface area contributed by atoms with Crippen molar-refractivity contribution in [2.75, 3.05) is 30.9 Å². The first-order valence-electron chi connectivity index (χ1n) is 8.69. The van der Waals surface area contributed by atoms with Crippen LogP contribution in [0.2, 0.25) is 0 Å². The van der Waals surface area contributed by atoms with Crippen LogP contribution in [0.25, 0.3) is 0 Å². The lowest BCUT2D eigenvalue weighted by Gasteiger charge is -2.13.